The minimum Gasteiger partial charge on any atom is -0.382 e. The highest BCUT2D eigenvalue weighted by atomic mass is 16.1. The van der Waals surface area contributed by atoms with Gasteiger partial charge in [-0.25, -0.2) is 9.97 Å². The van der Waals surface area contributed by atoms with Gasteiger partial charge in [0.05, 0.1) is 6.04 Å². The topological polar surface area (TPSA) is 84.1 Å². The Labute approximate surface area is 148 Å². The first kappa shape index (κ1) is 17.4. The van der Waals surface area contributed by atoms with Crippen molar-refractivity contribution in [1.29, 1.82) is 0 Å². The van der Waals surface area contributed by atoms with E-state index in [4.69, 9.17) is 5.73 Å². The molecular weight excluding hydrogens is 314 g/mol. The first-order valence-corrected chi connectivity index (χ1v) is 8.79. The van der Waals surface area contributed by atoms with Crippen LogP contribution in [0.5, 0.6) is 0 Å². The summed E-state index contributed by atoms with van der Waals surface area (Å²) in [6, 6.07) is 10.5. The number of carbonyl (C=O) groups excluding carboxylic acids is 1. The zero-order chi connectivity index (χ0) is 17.6. The van der Waals surface area contributed by atoms with Gasteiger partial charge in [-0.3, -0.25) is 9.69 Å². The highest BCUT2D eigenvalue weighted by Crippen LogP contribution is 2.26. The first-order valence-electron chi connectivity index (χ1n) is 8.79. The third-order valence-electron chi connectivity index (χ3n) is 4.84. The zero-order valence-electron chi connectivity index (χ0n) is 14.6. The average Bonchev–Trinajstić information content (AvgIpc) is 2.64. The van der Waals surface area contributed by atoms with Gasteiger partial charge >= 0.3 is 0 Å². The van der Waals surface area contributed by atoms with E-state index >= 15 is 0 Å². The molecule has 1 atom stereocenters. The smallest absolute Gasteiger partial charge is 0.273 e. The van der Waals surface area contributed by atoms with E-state index in [2.05, 4.69) is 39.2 Å². The monoisotopic (exact) mass is 339 g/mol. The van der Waals surface area contributed by atoms with Crippen molar-refractivity contribution in [1.82, 2.24) is 20.2 Å². The van der Waals surface area contributed by atoms with Gasteiger partial charge in [-0.1, -0.05) is 37.3 Å². The van der Waals surface area contributed by atoms with Crippen LogP contribution in [0, 0.1) is 5.92 Å². The lowest BCUT2D eigenvalue weighted by atomic mass is 9.95. The number of nitrogens with zero attached hydrogens (tertiary/aromatic N) is 3. The summed E-state index contributed by atoms with van der Waals surface area (Å²) in [7, 11) is 0. The molecule has 0 aliphatic carbocycles. The number of nitrogens with one attached hydrogen (secondary N) is 1. The van der Waals surface area contributed by atoms with Gasteiger partial charge in [-0.05, 0) is 37.4 Å². The molecule has 0 bridgehead atoms. The van der Waals surface area contributed by atoms with E-state index in [0.717, 1.165) is 19.0 Å². The molecule has 0 radical (unpaired) electrons. The lowest BCUT2D eigenvalue weighted by Crippen LogP contribution is -2.42. The molecule has 1 aromatic heterocycles. The molecule has 1 fully saturated rings. The maximum absolute atomic E-state index is 12.4. The Morgan fingerprint density at radius 1 is 1.24 bits per heavy atom. The Kier molecular flexibility index (Phi) is 5.60. The van der Waals surface area contributed by atoms with E-state index in [9.17, 15) is 4.79 Å². The largest absolute Gasteiger partial charge is 0.382 e. The zero-order valence-corrected chi connectivity index (χ0v) is 14.6. The van der Waals surface area contributed by atoms with Crippen LogP contribution >= 0.6 is 0 Å². The number of amides is 1. The van der Waals surface area contributed by atoms with E-state index in [-0.39, 0.29) is 23.5 Å². The molecule has 1 aliphatic rings. The van der Waals surface area contributed by atoms with Crippen molar-refractivity contribution >= 4 is 11.7 Å². The number of nitrogens with two attached hydrogens (primary N) is 1. The maximum atomic E-state index is 12.4. The Morgan fingerprint density at radius 3 is 2.60 bits per heavy atom. The van der Waals surface area contributed by atoms with Gasteiger partial charge in [0.25, 0.3) is 5.91 Å². The van der Waals surface area contributed by atoms with Crippen molar-refractivity contribution in [3.8, 4) is 0 Å². The van der Waals surface area contributed by atoms with Gasteiger partial charge in [0.1, 0.15) is 0 Å². The molecule has 1 aliphatic heterocycles. The van der Waals surface area contributed by atoms with Crippen LogP contribution < -0.4 is 11.1 Å². The number of carbonyl (C=O) groups is 1. The molecule has 0 saturated carbocycles. The van der Waals surface area contributed by atoms with Gasteiger partial charge in [-0.15, -0.1) is 0 Å². The van der Waals surface area contributed by atoms with Crippen LogP contribution in [-0.4, -0.2) is 40.4 Å². The number of hydrogen-bond acceptors (Lipinski definition) is 5. The molecule has 2 heterocycles. The van der Waals surface area contributed by atoms with Crippen LogP contribution in [0.15, 0.2) is 42.7 Å². The molecule has 25 heavy (non-hydrogen) atoms. The lowest BCUT2D eigenvalue weighted by molar-refractivity contribution is 0.0909. The van der Waals surface area contributed by atoms with Crippen LogP contribution in [0.1, 0.15) is 41.9 Å². The van der Waals surface area contributed by atoms with Gasteiger partial charge in [-0.2, -0.15) is 0 Å². The summed E-state index contributed by atoms with van der Waals surface area (Å²) >= 11 is 0. The standard InChI is InChI=1S/C19H25N5O/c1-14-7-11-24(12-8-14)16(15-5-3-2-4-6-15)13-23-19(25)17-18(20)22-10-9-21-17/h2-6,9-10,14,16H,7-8,11-13H2,1H3,(H2,20,22)(H,23,25)/t16-/m1/s1. The van der Waals surface area contributed by atoms with Gasteiger partial charge < -0.3 is 11.1 Å². The SMILES string of the molecule is CC1CCN([C@H](CNC(=O)c2nccnc2N)c2ccccc2)CC1. The number of benzene rings is 1. The van der Waals surface area contributed by atoms with E-state index in [1.807, 2.05) is 18.2 Å². The third-order valence-corrected chi connectivity index (χ3v) is 4.84. The first-order chi connectivity index (χ1) is 12.1. The van der Waals surface area contributed by atoms with Crippen molar-refractivity contribution in [3.05, 3.63) is 54.0 Å². The normalized spacial score (nSPS) is 17.2. The predicted molar refractivity (Wildman–Crippen MR) is 97.9 cm³/mol. The molecule has 0 spiro atoms. The fraction of sp³-hybridized carbons (Fsp3) is 0.421. The highest BCUT2D eigenvalue weighted by Gasteiger charge is 2.25. The number of aromatic nitrogens is 2. The van der Waals surface area contributed by atoms with Crippen LogP contribution in [0.3, 0.4) is 0 Å². The Hall–Kier alpha value is -2.47. The van der Waals surface area contributed by atoms with Crippen molar-refractivity contribution in [2.75, 3.05) is 25.4 Å². The second kappa shape index (κ2) is 8.07. The number of anilines is 1. The molecular formula is C19H25N5O. The fourth-order valence-corrected chi connectivity index (χ4v) is 3.27. The fourth-order valence-electron chi connectivity index (χ4n) is 3.27. The van der Waals surface area contributed by atoms with Gasteiger partial charge in [0.15, 0.2) is 11.5 Å². The summed E-state index contributed by atoms with van der Waals surface area (Å²) in [5, 5.41) is 2.98. The van der Waals surface area contributed by atoms with Crippen molar-refractivity contribution in [2.45, 2.75) is 25.8 Å². The van der Waals surface area contributed by atoms with Crippen molar-refractivity contribution in [2.24, 2.45) is 5.92 Å². The number of rotatable bonds is 5. The van der Waals surface area contributed by atoms with Crippen LogP contribution in [0.2, 0.25) is 0 Å². The molecule has 1 saturated heterocycles. The second-order valence-electron chi connectivity index (χ2n) is 6.65. The highest BCUT2D eigenvalue weighted by molar-refractivity contribution is 5.96. The molecule has 0 unspecified atom stereocenters. The second-order valence-corrected chi connectivity index (χ2v) is 6.65. The molecule has 6 nitrogen and oxygen atoms in total. The van der Waals surface area contributed by atoms with E-state index < -0.39 is 0 Å². The summed E-state index contributed by atoms with van der Waals surface area (Å²) in [6.07, 6.45) is 5.34. The van der Waals surface area contributed by atoms with Crippen LogP contribution in [0.25, 0.3) is 0 Å². The summed E-state index contributed by atoms with van der Waals surface area (Å²) in [4.78, 5) is 22.8. The number of likely N-dealkylation sites (tertiary alicyclic amines) is 1. The number of hydrogen-bond donors (Lipinski definition) is 2. The quantitative estimate of drug-likeness (QED) is 0.873. The van der Waals surface area contributed by atoms with E-state index in [0.29, 0.717) is 6.54 Å². The minimum atomic E-state index is -0.281. The summed E-state index contributed by atoms with van der Waals surface area (Å²) in [5.74, 6) is 0.640. The summed E-state index contributed by atoms with van der Waals surface area (Å²) < 4.78 is 0. The molecule has 132 valence electrons. The molecule has 6 heteroatoms. The van der Waals surface area contributed by atoms with E-state index in [1.54, 1.807) is 0 Å². The van der Waals surface area contributed by atoms with Crippen LogP contribution in [-0.2, 0) is 0 Å². The maximum Gasteiger partial charge on any atom is 0.273 e. The van der Waals surface area contributed by atoms with Crippen molar-refractivity contribution < 1.29 is 4.79 Å². The lowest BCUT2D eigenvalue weighted by Gasteiger charge is -2.37. The van der Waals surface area contributed by atoms with Crippen LogP contribution in [0.4, 0.5) is 5.82 Å². The minimum absolute atomic E-state index is 0.149. The van der Waals surface area contributed by atoms with E-state index in [1.165, 1.54) is 30.8 Å². The molecule has 1 aromatic carbocycles. The number of piperidine rings is 1. The summed E-state index contributed by atoms with van der Waals surface area (Å²) in [6.45, 7) is 4.91. The van der Waals surface area contributed by atoms with Gasteiger partial charge in [0.2, 0.25) is 0 Å². The average molecular weight is 339 g/mol. The molecule has 1 amide bonds. The third kappa shape index (κ3) is 4.33. The predicted octanol–water partition coefficient (Wildman–Crippen LogP) is 2.26. The Morgan fingerprint density at radius 2 is 1.92 bits per heavy atom. The summed E-state index contributed by atoms with van der Waals surface area (Å²) in [5.41, 5.74) is 7.15. The number of nitrogen functional groups attached to an aromatic ring is 1. The Balaban J connectivity index is 1.72. The van der Waals surface area contributed by atoms with Gasteiger partial charge in [0, 0.05) is 18.9 Å². The Bertz CT molecular complexity index is 698. The molecule has 3 rings (SSSR count). The molecule has 2 aromatic rings. The van der Waals surface area contributed by atoms with Crippen molar-refractivity contribution in [3.63, 3.8) is 0 Å². The molecule has 3 N–H and O–H groups in total.